The Morgan fingerprint density at radius 1 is 1.10 bits per heavy atom. The van der Waals surface area contributed by atoms with E-state index in [9.17, 15) is 13.2 Å². The van der Waals surface area contributed by atoms with E-state index >= 15 is 0 Å². The summed E-state index contributed by atoms with van der Waals surface area (Å²) >= 11 is 6.77. The Morgan fingerprint density at radius 2 is 1.72 bits per heavy atom. The van der Waals surface area contributed by atoms with E-state index in [1.807, 2.05) is 13.2 Å². The van der Waals surface area contributed by atoms with Crippen LogP contribution in [0.15, 0.2) is 59.1 Å². The van der Waals surface area contributed by atoms with Crippen molar-refractivity contribution in [3.05, 3.63) is 65.4 Å². The number of carbonyl (C=O) groups is 1. The van der Waals surface area contributed by atoms with Crippen LogP contribution in [0.25, 0.3) is 6.08 Å². The first-order chi connectivity index (χ1) is 13.8. The van der Waals surface area contributed by atoms with Crippen molar-refractivity contribution in [2.75, 3.05) is 19.2 Å². The zero-order valence-corrected chi connectivity index (χ0v) is 18.6. The lowest BCUT2D eigenvalue weighted by atomic mass is 10.2. The van der Waals surface area contributed by atoms with Gasteiger partial charge in [-0.05, 0) is 61.3 Å². The molecular formula is C20H20N2O4S3. The Bertz CT molecular complexity index is 1060. The van der Waals surface area contributed by atoms with Crippen molar-refractivity contribution >= 4 is 51.1 Å². The molecule has 0 spiro atoms. The number of sulfonamides is 1. The second kappa shape index (κ2) is 8.56. The number of ether oxygens (including phenoxy) is 1. The van der Waals surface area contributed by atoms with Crippen LogP contribution in [0.2, 0.25) is 0 Å². The van der Waals surface area contributed by atoms with E-state index in [1.165, 1.54) is 34.9 Å². The third kappa shape index (κ3) is 4.17. The number of benzene rings is 2. The third-order valence-corrected chi connectivity index (χ3v) is 7.08. The highest BCUT2D eigenvalue weighted by molar-refractivity contribution is 7.98. The Kier molecular flexibility index (Phi) is 6.30. The summed E-state index contributed by atoms with van der Waals surface area (Å²) in [5, 5.41) is -0.0512. The van der Waals surface area contributed by atoms with Crippen LogP contribution < -0.4 is 4.74 Å². The molecule has 1 saturated heterocycles. The van der Waals surface area contributed by atoms with Crippen molar-refractivity contribution in [1.29, 1.82) is 0 Å². The molecular weight excluding hydrogens is 428 g/mol. The number of nitrogens with zero attached hydrogens (tertiary/aromatic N) is 2. The minimum atomic E-state index is -4.04. The van der Waals surface area contributed by atoms with E-state index in [1.54, 1.807) is 43.5 Å². The molecule has 0 N–H and O–H groups in total. The summed E-state index contributed by atoms with van der Waals surface area (Å²) in [6.07, 6.45) is 3.35. The minimum absolute atomic E-state index is 0.00482. The molecule has 9 heteroatoms. The Hall–Kier alpha value is -2.36. The maximum Gasteiger partial charge on any atom is 0.278 e. The topological polar surface area (TPSA) is 66.9 Å². The molecule has 0 aliphatic carbocycles. The van der Waals surface area contributed by atoms with Crippen LogP contribution in [0.5, 0.6) is 5.75 Å². The van der Waals surface area contributed by atoms with Gasteiger partial charge in [0.1, 0.15) is 11.4 Å². The van der Waals surface area contributed by atoms with Crippen molar-refractivity contribution in [2.24, 2.45) is 0 Å². The summed E-state index contributed by atoms with van der Waals surface area (Å²) in [6, 6.07) is 13.4. The van der Waals surface area contributed by atoms with Gasteiger partial charge in [0.25, 0.3) is 15.9 Å². The van der Waals surface area contributed by atoms with Crippen molar-refractivity contribution < 1.29 is 17.9 Å². The molecule has 0 saturated carbocycles. The maximum absolute atomic E-state index is 13.3. The lowest BCUT2D eigenvalue weighted by molar-refractivity contribution is -0.121. The highest BCUT2D eigenvalue weighted by Gasteiger charge is 2.44. The average molecular weight is 449 g/mol. The van der Waals surface area contributed by atoms with Crippen LogP contribution in [-0.2, 0) is 14.8 Å². The standard InChI is InChI=1S/C20H20N2O4S3/c1-14-4-10-17(11-5-14)29(24,25)22-18(19(23)21(13-28-3)20(22)27)12-15-6-8-16(26-2)9-7-15/h4-12H,13H2,1-3H3/b18-12-. The Morgan fingerprint density at radius 3 is 2.28 bits per heavy atom. The van der Waals surface area contributed by atoms with Gasteiger partial charge >= 0.3 is 0 Å². The van der Waals surface area contributed by atoms with Gasteiger partial charge in [0.05, 0.1) is 17.9 Å². The molecule has 0 radical (unpaired) electrons. The van der Waals surface area contributed by atoms with Gasteiger partial charge in [-0.15, -0.1) is 11.8 Å². The lowest BCUT2D eigenvalue weighted by Crippen LogP contribution is -2.35. The zero-order valence-electron chi connectivity index (χ0n) is 16.2. The van der Waals surface area contributed by atoms with Gasteiger partial charge < -0.3 is 4.74 Å². The number of carbonyl (C=O) groups excluding carboxylic acids is 1. The summed E-state index contributed by atoms with van der Waals surface area (Å²) in [4.78, 5) is 14.4. The summed E-state index contributed by atoms with van der Waals surface area (Å²) in [5.41, 5.74) is 1.59. The first kappa shape index (κ1) is 21.4. The van der Waals surface area contributed by atoms with Crippen LogP contribution in [0.4, 0.5) is 0 Å². The summed E-state index contributed by atoms with van der Waals surface area (Å²) in [6.45, 7) is 1.87. The van der Waals surface area contributed by atoms with E-state index < -0.39 is 15.9 Å². The number of hydrogen-bond donors (Lipinski definition) is 0. The van der Waals surface area contributed by atoms with Crippen LogP contribution in [0.3, 0.4) is 0 Å². The number of amides is 1. The molecule has 1 amide bonds. The van der Waals surface area contributed by atoms with Gasteiger partial charge in [-0.1, -0.05) is 29.8 Å². The van der Waals surface area contributed by atoms with Gasteiger partial charge in [0.15, 0.2) is 5.11 Å². The average Bonchev–Trinajstić information content (AvgIpc) is 2.94. The second-order valence-corrected chi connectivity index (χ2v) is 9.31. The summed E-state index contributed by atoms with van der Waals surface area (Å²) in [7, 11) is -2.49. The molecule has 1 aliphatic heterocycles. The zero-order chi connectivity index (χ0) is 21.2. The van der Waals surface area contributed by atoms with Crippen molar-refractivity contribution in [3.63, 3.8) is 0 Å². The molecule has 0 unspecified atom stereocenters. The molecule has 2 aromatic rings. The minimum Gasteiger partial charge on any atom is -0.497 e. The molecule has 29 heavy (non-hydrogen) atoms. The maximum atomic E-state index is 13.3. The first-order valence-corrected chi connectivity index (χ1v) is 11.9. The molecule has 1 aliphatic rings. The molecule has 0 aromatic heterocycles. The van der Waals surface area contributed by atoms with Gasteiger partial charge in [0.2, 0.25) is 0 Å². The van der Waals surface area contributed by atoms with Crippen molar-refractivity contribution in [3.8, 4) is 5.75 Å². The molecule has 0 bridgehead atoms. The van der Waals surface area contributed by atoms with E-state index in [2.05, 4.69) is 0 Å². The number of thiocarbonyl (C=S) groups is 1. The number of hydrogen-bond acceptors (Lipinski definition) is 6. The summed E-state index contributed by atoms with van der Waals surface area (Å²) in [5.74, 6) is 0.474. The highest BCUT2D eigenvalue weighted by atomic mass is 32.2. The van der Waals surface area contributed by atoms with Gasteiger partial charge in [-0.25, -0.2) is 12.7 Å². The molecule has 1 fully saturated rings. The van der Waals surface area contributed by atoms with Gasteiger partial charge in [0, 0.05) is 0 Å². The second-order valence-electron chi connectivity index (χ2n) is 6.32. The highest BCUT2D eigenvalue weighted by Crippen LogP contribution is 2.31. The Labute approximate surface area is 180 Å². The molecule has 6 nitrogen and oxygen atoms in total. The van der Waals surface area contributed by atoms with Crippen LogP contribution in [-0.4, -0.2) is 47.9 Å². The van der Waals surface area contributed by atoms with Crippen molar-refractivity contribution in [2.45, 2.75) is 11.8 Å². The van der Waals surface area contributed by atoms with E-state index in [-0.39, 0.29) is 21.6 Å². The number of thioether (sulfide) groups is 1. The van der Waals surface area contributed by atoms with E-state index in [0.29, 0.717) is 11.3 Å². The SMILES string of the molecule is COc1ccc(/C=C2/C(=O)N(CSC)C(=S)N2S(=O)(=O)c2ccc(C)cc2)cc1. The van der Waals surface area contributed by atoms with E-state index in [0.717, 1.165) is 9.87 Å². The van der Waals surface area contributed by atoms with E-state index in [4.69, 9.17) is 17.0 Å². The van der Waals surface area contributed by atoms with Gasteiger partial charge in [-0.3, -0.25) is 9.69 Å². The largest absolute Gasteiger partial charge is 0.497 e. The lowest BCUT2D eigenvalue weighted by Gasteiger charge is -2.20. The number of methoxy groups -OCH3 is 1. The normalized spacial score (nSPS) is 16.0. The predicted octanol–water partition coefficient (Wildman–Crippen LogP) is 3.48. The van der Waals surface area contributed by atoms with Gasteiger partial charge in [-0.2, -0.15) is 0 Å². The third-order valence-electron chi connectivity index (χ3n) is 4.32. The number of aryl methyl sites for hydroxylation is 1. The fourth-order valence-corrected chi connectivity index (χ4v) is 5.30. The quantitative estimate of drug-likeness (QED) is 0.498. The molecule has 2 aromatic carbocycles. The molecule has 1 heterocycles. The molecule has 3 rings (SSSR count). The fraction of sp³-hybridized carbons (Fsp3) is 0.200. The van der Waals surface area contributed by atoms with Crippen LogP contribution >= 0.6 is 24.0 Å². The summed E-state index contributed by atoms with van der Waals surface area (Å²) < 4.78 is 32.8. The first-order valence-electron chi connectivity index (χ1n) is 8.62. The smallest absolute Gasteiger partial charge is 0.278 e. The monoisotopic (exact) mass is 448 g/mol. The predicted molar refractivity (Wildman–Crippen MR) is 119 cm³/mol. The van der Waals surface area contributed by atoms with Crippen LogP contribution in [0, 0.1) is 6.92 Å². The Balaban J connectivity index is 2.11. The number of rotatable bonds is 6. The van der Waals surface area contributed by atoms with Crippen molar-refractivity contribution in [1.82, 2.24) is 9.21 Å². The molecule has 0 atom stereocenters. The van der Waals surface area contributed by atoms with Crippen LogP contribution in [0.1, 0.15) is 11.1 Å². The molecule has 152 valence electrons. The fourth-order valence-electron chi connectivity index (χ4n) is 2.79.